The Morgan fingerprint density at radius 3 is 2.22 bits per heavy atom. The Morgan fingerprint density at radius 2 is 1.72 bits per heavy atom. The van der Waals surface area contributed by atoms with Gasteiger partial charge in [0.2, 0.25) is 0 Å². The molecule has 18 heavy (non-hydrogen) atoms. The summed E-state index contributed by atoms with van der Waals surface area (Å²) in [5.41, 5.74) is 8.23. The van der Waals surface area contributed by atoms with Crippen LogP contribution >= 0.6 is 0 Å². The summed E-state index contributed by atoms with van der Waals surface area (Å²) in [6, 6.07) is 9.37. The zero-order valence-electron chi connectivity index (χ0n) is 12.2. The minimum absolute atomic E-state index is 0.630. The van der Waals surface area contributed by atoms with Crippen molar-refractivity contribution < 1.29 is 0 Å². The van der Waals surface area contributed by atoms with E-state index in [9.17, 15) is 0 Å². The molecule has 1 atom stereocenters. The van der Waals surface area contributed by atoms with Crippen LogP contribution in [0.3, 0.4) is 0 Å². The van der Waals surface area contributed by atoms with E-state index < -0.39 is 0 Å². The highest BCUT2D eigenvalue weighted by Crippen LogP contribution is 2.12. The summed E-state index contributed by atoms with van der Waals surface area (Å²) in [6.45, 7) is 9.73. The number of benzene rings is 1. The van der Waals surface area contributed by atoms with Crippen LogP contribution in [0.15, 0.2) is 24.3 Å². The lowest BCUT2D eigenvalue weighted by molar-refractivity contribution is 0.192. The second-order valence-electron chi connectivity index (χ2n) is 5.10. The van der Waals surface area contributed by atoms with Crippen LogP contribution in [0.1, 0.15) is 51.2 Å². The zero-order valence-corrected chi connectivity index (χ0v) is 12.2. The standard InChI is InChI=1S/C16H28N2/c1-4-6-11-18(14(3)5-2)13-16-9-7-15(12-17)8-10-16/h7-10,14H,4-6,11-13,17H2,1-3H3. The Hall–Kier alpha value is -0.860. The molecule has 2 nitrogen and oxygen atoms in total. The summed E-state index contributed by atoms with van der Waals surface area (Å²) in [7, 11) is 0. The molecule has 0 aliphatic heterocycles. The lowest BCUT2D eigenvalue weighted by Crippen LogP contribution is -2.33. The van der Waals surface area contributed by atoms with Crippen molar-refractivity contribution in [1.29, 1.82) is 0 Å². The Kier molecular flexibility index (Phi) is 6.99. The highest BCUT2D eigenvalue weighted by atomic mass is 15.1. The van der Waals surface area contributed by atoms with E-state index in [1.165, 1.54) is 36.9 Å². The number of hydrogen-bond acceptors (Lipinski definition) is 2. The minimum atomic E-state index is 0.630. The highest BCUT2D eigenvalue weighted by molar-refractivity contribution is 5.22. The Morgan fingerprint density at radius 1 is 1.11 bits per heavy atom. The van der Waals surface area contributed by atoms with Crippen molar-refractivity contribution >= 4 is 0 Å². The van der Waals surface area contributed by atoms with Gasteiger partial charge in [-0.2, -0.15) is 0 Å². The van der Waals surface area contributed by atoms with Gasteiger partial charge in [0, 0.05) is 19.1 Å². The van der Waals surface area contributed by atoms with Crippen molar-refractivity contribution in [2.24, 2.45) is 5.73 Å². The van der Waals surface area contributed by atoms with Crippen molar-refractivity contribution in [3.05, 3.63) is 35.4 Å². The van der Waals surface area contributed by atoms with Gasteiger partial charge < -0.3 is 5.73 Å². The molecule has 0 fully saturated rings. The molecular formula is C16H28N2. The minimum Gasteiger partial charge on any atom is -0.326 e. The fraction of sp³-hybridized carbons (Fsp3) is 0.625. The molecule has 1 rings (SSSR count). The monoisotopic (exact) mass is 248 g/mol. The van der Waals surface area contributed by atoms with E-state index in [1.54, 1.807) is 0 Å². The van der Waals surface area contributed by atoms with Crippen LogP contribution < -0.4 is 5.73 Å². The molecule has 0 aromatic heterocycles. The van der Waals surface area contributed by atoms with Crippen molar-refractivity contribution in [2.45, 2.75) is 59.2 Å². The normalized spacial score (nSPS) is 12.9. The summed E-state index contributed by atoms with van der Waals surface area (Å²) in [5.74, 6) is 0. The number of rotatable bonds is 8. The molecular weight excluding hydrogens is 220 g/mol. The Labute approximate surface area is 112 Å². The van der Waals surface area contributed by atoms with Gasteiger partial charge in [-0.15, -0.1) is 0 Å². The largest absolute Gasteiger partial charge is 0.326 e. The van der Waals surface area contributed by atoms with Crippen LogP contribution in [0, 0.1) is 0 Å². The average Bonchev–Trinajstić information content (AvgIpc) is 2.43. The Bertz CT molecular complexity index is 318. The van der Waals surface area contributed by atoms with E-state index in [4.69, 9.17) is 5.73 Å². The third kappa shape index (κ3) is 4.79. The molecule has 0 amide bonds. The van der Waals surface area contributed by atoms with E-state index in [1.807, 2.05) is 0 Å². The summed E-state index contributed by atoms with van der Waals surface area (Å²) in [6.07, 6.45) is 3.76. The number of nitrogens with two attached hydrogens (primary N) is 1. The van der Waals surface area contributed by atoms with Gasteiger partial charge in [-0.05, 0) is 37.4 Å². The van der Waals surface area contributed by atoms with Gasteiger partial charge in [0.05, 0.1) is 0 Å². The maximum absolute atomic E-state index is 5.63. The molecule has 1 aromatic rings. The quantitative estimate of drug-likeness (QED) is 0.762. The number of nitrogens with zero attached hydrogens (tertiary/aromatic N) is 1. The second kappa shape index (κ2) is 8.28. The average molecular weight is 248 g/mol. The molecule has 1 aromatic carbocycles. The topological polar surface area (TPSA) is 29.3 Å². The van der Waals surface area contributed by atoms with Crippen molar-refractivity contribution in [3.63, 3.8) is 0 Å². The van der Waals surface area contributed by atoms with Crippen LogP contribution in [0.25, 0.3) is 0 Å². The van der Waals surface area contributed by atoms with Crippen LogP contribution in [0.2, 0.25) is 0 Å². The molecule has 0 aliphatic carbocycles. The van der Waals surface area contributed by atoms with Gasteiger partial charge in [-0.3, -0.25) is 4.90 Å². The first-order valence-electron chi connectivity index (χ1n) is 7.23. The first-order valence-corrected chi connectivity index (χ1v) is 7.23. The Balaban J connectivity index is 2.62. The van der Waals surface area contributed by atoms with Crippen LogP contribution in [0.5, 0.6) is 0 Å². The van der Waals surface area contributed by atoms with E-state index in [2.05, 4.69) is 49.9 Å². The molecule has 2 N–H and O–H groups in total. The summed E-state index contributed by atoms with van der Waals surface area (Å²) < 4.78 is 0. The van der Waals surface area contributed by atoms with Crippen LogP contribution in [-0.2, 0) is 13.1 Å². The van der Waals surface area contributed by atoms with Gasteiger partial charge in [-0.1, -0.05) is 44.5 Å². The number of hydrogen-bond donors (Lipinski definition) is 1. The summed E-state index contributed by atoms with van der Waals surface area (Å²) in [4.78, 5) is 2.58. The van der Waals surface area contributed by atoms with E-state index in [-0.39, 0.29) is 0 Å². The lowest BCUT2D eigenvalue weighted by Gasteiger charge is -2.28. The predicted molar refractivity (Wildman–Crippen MR) is 79.4 cm³/mol. The maximum atomic E-state index is 5.63. The molecule has 2 heteroatoms. The third-order valence-corrected chi connectivity index (χ3v) is 3.66. The first kappa shape index (κ1) is 15.2. The summed E-state index contributed by atoms with van der Waals surface area (Å²) in [5, 5.41) is 0. The molecule has 1 unspecified atom stereocenters. The van der Waals surface area contributed by atoms with E-state index >= 15 is 0 Å². The fourth-order valence-electron chi connectivity index (χ4n) is 2.09. The molecule has 0 spiro atoms. The van der Waals surface area contributed by atoms with Crippen LogP contribution in [-0.4, -0.2) is 17.5 Å². The zero-order chi connectivity index (χ0) is 13.4. The van der Waals surface area contributed by atoms with E-state index in [0.29, 0.717) is 12.6 Å². The van der Waals surface area contributed by atoms with E-state index in [0.717, 1.165) is 6.54 Å². The number of unbranched alkanes of at least 4 members (excludes halogenated alkanes) is 1. The SMILES string of the molecule is CCCCN(Cc1ccc(CN)cc1)C(C)CC. The molecule has 0 saturated carbocycles. The molecule has 0 aliphatic rings. The molecule has 102 valence electrons. The predicted octanol–water partition coefficient (Wildman–Crippen LogP) is 3.55. The maximum Gasteiger partial charge on any atom is 0.0236 e. The highest BCUT2D eigenvalue weighted by Gasteiger charge is 2.11. The lowest BCUT2D eigenvalue weighted by atomic mass is 10.1. The molecule has 0 radical (unpaired) electrons. The molecule has 0 bridgehead atoms. The molecule has 0 saturated heterocycles. The van der Waals surface area contributed by atoms with Crippen molar-refractivity contribution in [2.75, 3.05) is 6.54 Å². The second-order valence-corrected chi connectivity index (χ2v) is 5.10. The first-order chi connectivity index (χ1) is 8.71. The fourth-order valence-corrected chi connectivity index (χ4v) is 2.09. The van der Waals surface area contributed by atoms with Gasteiger partial charge in [0.25, 0.3) is 0 Å². The van der Waals surface area contributed by atoms with Gasteiger partial charge in [-0.25, -0.2) is 0 Å². The van der Waals surface area contributed by atoms with Gasteiger partial charge >= 0.3 is 0 Å². The van der Waals surface area contributed by atoms with Crippen LogP contribution in [0.4, 0.5) is 0 Å². The summed E-state index contributed by atoms with van der Waals surface area (Å²) >= 11 is 0. The smallest absolute Gasteiger partial charge is 0.0236 e. The van der Waals surface area contributed by atoms with Crippen molar-refractivity contribution in [1.82, 2.24) is 4.90 Å². The van der Waals surface area contributed by atoms with Gasteiger partial charge in [0.15, 0.2) is 0 Å². The molecule has 0 heterocycles. The third-order valence-electron chi connectivity index (χ3n) is 3.66. The van der Waals surface area contributed by atoms with Gasteiger partial charge in [0.1, 0.15) is 0 Å². The van der Waals surface area contributed by atoms with Crippen molar-refractivity contribution in [3.8, 4) is 0 Å².